The van der Waals surface area contributed by atoms with E-state index >= 15 is 0 Å². The van der Waals surface area contributed by atoms with Crippen molar-refractivity contribution in [1.29, 1.82) is 0 Å². The summed E-state index contributed by atoms with van der Waals surface area (Å²) in [7, 11) is 0. The SMILES string of the molecule is CC(C)Cc1[nH]c(=S)[nH]c1S. The van der Waals surface area contributed by atoms with Gasteiger partial charge in [0, 0.05) is 5.69 Å². The Morgan fingerprint density at radius 3 is 2.45 bits per heavy atom. The molecule has 0 saturated carbocycles. The molecule has 0 aliphatic heterocycles. The molecular formula is C7H12N2S2. The second-order valence-electron chi connectivity index (χ2n) is 3.00. The molecule has 2 nitrogen and oxygen atoms in total. The molecule has 1 rings (SSSR count). The van der Waals surface area contributed by atoms with Gasteiger partial charge in [-0.15, -0.1) is 12.6 Å². The second kappa shape index (κ2) is 3.45. The normalized spacial score (nSPS) is 10.9. The zero-order valence-electron chi connectivity index (χ0n) is 6.64. The van der Waals surface area contributed by atoms with Gasteiger partial charge < -0.3 is 9.97 Å². The number of aromatic nitrogens is 2. The van der Waals surface area contributed by atoms with Gasteiger partial charge in [-0.05, 0) is 24.6 Å². The molecule has 2 N–H and O–H groups in total. The summed E-state index contributed by atoms with van der Waals surface area (Å²) >= 11 is 9.15. The molecule has 1 aromatic rings. The lowest BCUT2D eigenvalue weighted by molar-refractivity contribution is 0.629. The van der Waals surface area contributed by atoms with Crippen LogP contribution in [0.5, 0.6) is 0 Å². The Hall–Kier alpha value is -0.220. The third-order valence-corrected chi connectivity index (χ3v) is 1.98. The minimum atomic E-state index is 0.627. The van der Waals surface area contributed by atoms with Gasteiger partial charge in [0.15, 0.2) is 4.77 Å². The molecule has 0 saturated heterocycles. The van der Waals surface area contributed by atoms with Gasteiger partial charge in [-0.3, -0.25) is 0 Å². The lowest BCUT2D eigenvalue weighted by Crippen LogP contribution is -1.94. The lowest BCUT2D eigenvalue weighted by atomic mass is 10.1. The number of hydrogen-bond donors (Lipinski definition) is 3. The van der Waals surface area contributed by atoms with Crippen LogP contribution < -0.4 is 0 Å². The van der Waals surface area contributed by atoms with Crippen LogP contribution >= 0.6 is 24.8 Å². The van der Waals surface area contributed by atoms with Gasteiger partial charge in [0.2, 0.25) is 0 Å². The van der Waals surface area contributed by atoms with Crippen molar-refractivity contribution in [3.63, 3.8) is 0 Å². The van der Waals surface area contributed by atoms with E-state index in [9.17, 15) is 0 Å². The summed E-state index contributed by atoms with van der Waals surface area (Å²) in [4.78, 5) is 5.99. The first kappa shape index (κ1) is 8.87. The highest BCUT2D eigenvalue weighted by molar-refractivity contribution is 7.80. The van der Waals surface area contributed by atoms with Crippen LogP contribution in [0.2, 0.25) is 0 Å². The zero-order valence-corrected chi connectivity index (χ0v) is 8.35. The molecule has 0 radical (unpaired) electrons. The minimum Gasteiger partial charge on any atom is -0.334 e. The first-order valence-corrected chi connectivity index (χ1v) is 4.45. The number of H-pyrrole nitrogens is 2. The predicted molar refractivity (Wildman–Crippen MR) is 51.8 cm³/mol. The zero-order chi connectivity index (χ0) is 8.43. The van der Waals surface area contributed by atoms with Crippen molar-refractivity contribution in [2.24, 2.45) is 5.92 Å². The summed E-state index contributed by atoms with van der Waals surface area (Å²) < 4.78 is 0.658. The monoisotopic (exact) mass is 188 g/mol. The van der Waals surface area contributed by atoms with Gasteiger partial charge in [-0.1, -0.05) is 13.8 Å². The van der Waals surface area contributed by atoms with E-state index in [0.717, 1.165) is 17.1 Å². The third-order valence-electron chi connectivity index (χ3n) is 1.39. The van der Waals surface area contributed by atoms with Crippen molar-refractivity contribution in [3.05, 3.63) is 10.5 Å². The Labute approximate surface area is 76.8 Å². The van der Waals surface area contributed by atoms with Crippen molar-refractivity contribution in [1.82, 2.24) is 9.97 Å². The van der Waals surface area contributed by atoms with E-state index in [1.807, 2.05) is 0 Å². The highest BCUT2D eigenvalue weighted by Gasteiger charge is 2.03. The highest BCUT2D eigenvalue weighted by atomic mass is 32.1. The van der Waals surface area contributed by atoms with Crippen LogP contribution in [0, 0.1) is 10.7 Å². The van der Waals surface area contributed by atoms with Crippen molar-refractivity contribution >= 4 is 24.8 Å². The summed E-state index contributed by atoms with van der Waals surface area (Å²) in [6, 6.07) is 0. The third kappa shape index (κ3) is 2.38. The molecule has 0 bridgehead atoms. The molecule has 0 atom stereocenters. The van der Waals surface area contributed by atoms with Crippen LogP contribution in [0.4, 0.5) is 0 Å². The molecule has 62 valence electrons. The fraction of sp³-hybridized carbons (Fsp3) is 0.571. The molecule has 0 aliphatic rings. The molecule has 0 aliphatic carbocycles. The van der Waals surface area contributed by atoms with E-state index in [2.05, 4.69) is 36.4 Å². The van der Waals surface area contributed by atoms with E-state index in [0.29, 0.717) is 10.7 Å². The van der Waals surface area contributed by atoms with Crippen LogP contribution in [-0.4, -0.2) is 9.97 Å². The largest absolute Gasteiger partial charge is 0.334 e. The van der Waals surface area contributed by atoms with Crippen molar-refractivity contribution < 1.29 is 0 Å². The van der Waals surface area contributed by atoms with E-state index < -0.39 is 0 Å². The van der Waals surface area contributed by atoms with Gasteiger partial charge in [-0.2, -0.15) is 0 Å². The molecule has 0 fully saturated rings. The summed E-state index contributed by atoms with van der Waals surface area (Å²) in [5.74, 6) is 0.627. The van der Waals surface area contributed by atoms with Crippen molar-refractivity contribution in [2.45, 2.75) is 25.3 Å². The smallest absolute Gasteiger partial charge is 0.175 e. The first-order chi connectivity index (χ1) is 5.09. The molecule has 0 aromatic carbocycles. The van der Waals surface area contributed by atoms with Crippen LogP contribution in [0.25, 0.3) is 0 Å². The molecular weight excluding hydrogens is 176 g/mol. The number of nitrogens with one attached hydrogen (secondary N) is 2. The van der Waals surface area contributed by atoms with Crippen LogP contribution in [0.15, 0.2) is 5.03 Å². The predicted octanol–water partition coefficient (Wildman–Crippen LogP) is 2.56. The summed E-state index contributed by atoms with van der Waals surface area (Å²) in [6.07, 6.45) is 0.992. The van der Waals surface area contributed by atoms with Crippen molar-refractivity contribution in [2.75, 3.05) is 0 Å². The average molecular weight is 188 g/mol. The average Bonchev–Trinajstić information content (AvgIpc) is 2.09. The number of hydrogen-bond acceptors (Lipinski definition) is 2. The molecule has 4 heteroatoms. The fourth-order valence-corrected chi connectivity index (χ4v) is 1.53. The Bertz CT molecular complexity index is 285. The highest BCUT2D eigenvalue weighted by Crippen LogP contribution is 2.12. The first-order valence-electron chi connectivity index (χ1n) is 3.59. The summed E-state index contributed by atoms with van der Waals surface area (Å²) in [5, 5.41) is 0.865. The van der Waals surface area contributed by atoms with Gasteiger partial charge in [0.05, 0.1) is 5.03 Å². The van der Waals surface area contributed by atoms with E-state index in [1.165, 1.54) is 0 Å². The maximum absolute atomic E-state index is 4.91. The number of rotatable bonds is 2. The summed E-state index contributed by atoms with van der Waals surface area (Å²) in [5.41, 5.74) is 1.10. The molecule has 0 spiro atoms. The van der Waals surface area contributed by atoms with Gasteiger partial charge in [-0.25, -0.2) is 0 Å². The Kier molecular flexibility index (Phi) is 2.78. The van der Waals surface area contributed by atoms with Gasteiger partial charge in [0.25, 0.3) is 0 Å². The Morgan fingerprint density at radius 2 is 2.09 bits per heavy atom. The Balaban J connectivity index is 2.86. The van der Waals surface area contributed by atoms with Crippen LogP contribution in [0.3, 0.4) is 0 Å². The number of thiol groups is 1. The Morgan fingerprint density at radius 1 is 1.45 bits per heavy atom. The van der Waals surface area contributed by atoms with E-state index in [4.69, 9.17) is 12.2 Å². The van der Waals surface area contributed by atoms with E-state index in [1.54, 1.807) is 0 Å². The minimum absolute atomic E-state index is 0.627. The molecule has 1 aromatic heterocycles. The number of aromatic amines is 2. The fourth-order valence-electron chi connectivity index (χ4n) is 0.966. The van der Waals surface area contributed by atoms with Crippen LogP contribution in [-0.2, 0) is 6.42 Å². The van der Waals surface area contributed by atoms with Crippen molar-refractivity contribution in [3.8, 4) is 0 Å². The van der Waals surface area contributed by atoms with Gasteiger partial charge in [0.1, 0.15) is 0 Å². The van der Waals surface area contributed by atoms with Gasteiger partial charge >= 0.3 is 0 Å². The lowest BCUT2D eigenvalue weighted by Gasteiger charge is -2.01. The standard InChI is InChI=1S/C7H12N2S2/c1-4(2)3-5-6(10)9-7(11)8-5/h4,10H,3H2,1-2H3,(H2,8,9,11). The topological polar surface area (TPSA) is 31.6 Å². The van der Waals surface area contributed by atoms with E-state index in [-0.39, 0.29) is 0 Å². The molecule has 1 heterocycles. The van der Waals surface area contributed by atoms with Crippen LogP contribution in [0.1, 0.15) is 19.5 Å². The summed E-state index contributed by atoms with van der Waals surface area (Å²) in [6.45, 7) is 4.33. The molecule has 0 unspecified atom stereocenters. The molecule has 11 heavy (non-hydrogen) atoms. The number of imidazole rings is 1. The quantitative estimate of drug-likeness (QED) is 0.483. The maximum Gasteiger partial charge on any atom is 0.175 e. The maximum atomic E-state index is 4.91. The second-order valence-corrected chi connectivity index (χ2v) is 3.86. The molecule has 0 amide bonds.